The highest BCUT2D eigenvalue weighted by Gasteiger charge is 2.14. The minimum absolute atomic E-state index is 0.0166. The van der Waals surface area contributed by atoms with Crippen molar-refractivity contribution in [3.05, 3.63) is 46.0 Å². The molecule has 1 aromatic rings. The third-order valence-corrected chi connectivity index (χ3v) is 4.12. The maximum atomic E-state index is 12.1. The summed E-state index contributed by atoms with van der Waals surface area (Å²) < 4.78 is 0. The molecule has 1 aromatic carbocycles. The standard InChI is InChI=1S/C14H16N2O3S/c17-14(15-8-3-10-20-11-9-15)7-6-12-4-1-2-5-13(12)16(18)19/h1-2,4-7H,3,8-11H2. The van der Waals surface area contributed by atoms with Crippen molar-refractivity contribution in [2.24, 2.45) is 0 Å². The number of thioether (sulfide) groups is 1. The maximum Gasteiger partial charge on any atom is 0.276 e. The minimum atomic E-state index is -0.438. The molecule has 0 N–H and O–H groups in total. The van der Waals surface area contributed by atoms with E-state index in [1.165, 1.54) is 18.2 Å². The lowest BCUT2D eigenvalue weighted by molar-refractivity contribution is -0.385. The number of hydrogen-bond acceptors (Lipinski definition) is 4. The molecule has 0 aliphatic carbocycles. The van der Waals surface area contributed by atoms with E-state index in [4.69, 9.17) is 0 Å². The van der Waals surface area contributed by atoms with Crippen LogP contribution in [0.5, 0.6) is 0 Å². The van der Waals surface area contributed by atoms with Crippen molar-refractivity contribution < 1.29 is 9.72 Å². The Morgan fingerprint density at radius 2 is 2.10 bits per heavy atom. The van der Waals surface area contributed by atoms with Gasteiger partial charge < -0.3 is 4.90 Å². The van der Waals surface area contributed by atoms with Crippen LogP contribution in [-0.4, -0.2) is 40.3 Å². The largest absolute Gasteiger partial charge is 0.338 e. The number of rotatable bonds is 3. The molecular formula is C14H16N2O3S. The monoisotopic (exact) mass is 292 g/mol. The molecule has 1 saturated heterocycles. The first-order valence-corrected chi connectivity index (χ1v) is 7.62. The van der Waals surface area contributed by atoms with Gasteiger partial charge in [0.25, 0.3) is 5.69 Å². The van der Waals surface area contributed by atoms with E-state index in [9.17, 15) is 14.9 Å². The zero-order valence-electron chi connectivity index (χ0n) is 11.0. The Labute approximate surface area is 121 Å². The Hall–Kier alpha value is -1.82. The van der Waals surface area contributed by atoms with Crippen molar-refractivity contribution in [1.82, 2.24) is 4.90 Å². The average Bonchev–Trinajstić information content (AvgIpc) is 2.74. The van der Waals surface area contributed by atoms with Crippen LogP contribution in [-0.2, 0) is 4.79 Å². The van der Waals surface area contributed by atoms with Gasteiger partial charge in [0.1, 0.15) is 0 Å². The number of para-hydroxylation sites is 1. The van der Waals surface area contributed by atoms with Gasteiger partial charge in [0.05, 0.1) is 10.5 Å². The number of benzene rings is 1. The van der Waals surface area contributed by atoms with Crippen molar-refractivity contribution >= 4 is 29.4 Å². The maximum absolute atomic E-state index is 12.1. The smallest absolute Gasteiger partial charge is 0.276 e. The molecule has 1 amide bonds. The third kappa shape index (κ3) is 3.84. The van der Waals surface area contributed by atoms with E-state index >= 15 is 0 Å². The van der Waals surface area contributed by atoms with Gasteiger partial charge in [0.15, 0.2) is 0 Å². The van der Waals surface area contributed by atoms with Crippen LogP contribution in [0.2, 0.25) is 0 Å². The fraction of sp³-hybridized carbons (Fsp3) is 0.357. The van der Waals surface area contributed by atoms with Crippen LogP contribution in [0.25, 0.3) is 6.08 Å². The average molecular weight is 292 g/mol. The predicted octanol–water partition coefficient (Wildman–Crippen LogP) is 2.57. The number of amides is 1. The zero-order valence-corrected chi connectivity index (χ0v) is 11.8. The lowest BCUT2D eigenvalue weighted by Crippen LogP contribution is -2.31. The molecule has 5 nitrogen and oxygen atoms in total. The van der Waals surface area contributed by atoms with Crippen LogP contribution in [0.1, 0.15) is 12.0 Å². The Morgan fingerprint density at radius 3 is 2.90 bits per heavy atom. The number of nitro benzene ring substituents is 1. The van der Waals surface area contributed by atoms with Crippen molar-refractivity contribution in [1.29, 1.82) is 0 Å². The van der Waals surface area contributed by atoms with Crippen molar-refractivity contribution in [2.75, 3.05) is 24.6 Å². The molecule has 6 heteroatoms. The first kappa shape index (κ1) is 14.6. The summed E-state index contributed by atoms with van der Waals surface area (Å²) in [7, 11) is 0. The molecule has 0 aromatic heterocycles. The van der Waals surface area contributed by atoms with E-state index in [1.807, 2.05) is 11.8 Å². The van der Waals surface area contributed by atoms with E-state index in [0.29, 0.717) is 5.56 Å². The minimum Gasteiger partial charge on any atom is -0.338 e. The van der Waals surface area contributed by atoms with Gasteiger partial charge in [-0.2, -0.15) is 11.8 Å². The topological polar surface area (TPSA) is 63.4 Å². The molecule has 20 heavy (non-hydrogen) atoms. The van der Waals surface area contributed by atoms with Crippen LogP contribution in [0.15, 0.2) is 30.3 Å². The summed E-state index contributed by atoms with van der Waals surface area (Å²) in [5, 5.41) is 10.9. The normalized spacial score (nSPS) is 16.1. The molecule has 1 heterocycles. The summed E-state index contributed by atoms with van der Waals surface area (Å²) in [6.07, 6.45) is 3.95. The van der Waals surface area contributed by atoms with Crippen LogP contribution in [0.4, 0.5) is 5.69 Å². The summed E-state index contributed by atoms with van der Waals surface area (Å²) >= 11 is 1.85. The van der Waals surface area contributed by atoms with Gasteiger partial charge in [0.2, 0.25) is 5.91 Å². The highest BCUT2D eigenvalue weighted by molar-refractivity contribution is 7.99. The molecule has 106 valence electrons. The fourth-order valence-electron chi connectivity index (χ4n) is 2.03. The van der Waals surface area contributed by atoms with Gasteiger partial charge in [-0.1, -0.05) is 12.1 Å². The molecule has 0 atom stereocenters. The van der Waals surface area contributed by atoms with E-state index in [0.717, 1.165) is 31.0 Å². The van der Waals surface area contributed by atoms with Gasteiger partial charge in [-0.15, -0.1) is 0 Å². The van der Waals surface area contributed by atoms with E-state index in [1.54, 1.807) is 23.1 Å². The SMILES string of the molecule is O=C(C=Cc1ccccc1[N+](=O)[O-])N1CCCSCC1. The molecule has 0 radical (unpaired) electrons. The summed E-state index contributed by atoms with van der Waals surface area (Å²) in [5.74, 6) is 1.95. The summed E-state index contributed by atoms with van der Waals surface area (Å²) in [6.45, 7) is 1.50. The lowest BCUT2D eigenvalue weighted by atomic mass is 10.1. The second kappa shape index (κ2) is 7.09. The lowest BCUT2D eigenvalue weighted by Gasteiger charge is -2.17. The summed E-state index contributed by atoms with van der Waals surface area (Å²) in [6, 6.07) is 6.41. The van der Waals surface area contributed by atoms with Gasteiger partial charge in [-0.3, -0.25) is 14.9 Å². The molecule has 0 unspecified atom stereocenters. The van der Waals surface area contributed by atoms with Crippen LogP contribution >= 0.6 is 11.8 Å². The first-order valence-electron chi connectivity index (χ1n) is 6.46. The zero-order chi connectivity index (χ0) is 14.4. The molecule has 1 fully saturated rings. The van der Waals surface area contributed by atoms with E-state index in [2.05, 4.69) is 0 Å². The van der Waals surface area contributed by atoms with Gasteiger partial charge in [0, 0.05) is 31.0 Å². The number of hydrogen-bond donors (Lipinski definition) is 0. The number of nitro groups is 1. The molecule has 0 spiro atoms. The van der Waals surface area contributed by atoms with Crippen LogP contribution in [0, 0.1) is 10.1 Å². The Bertz CT molecular complexity index is 523. The van der Waals surface area contributed by atoms with Crippen molar-refractivity contribution in [3.8, 4) is 0 Å². The van der Waals surface area contributed by atoms with Crippen molar-refractivity contribution in [2.45, 2.75) is 6.42 Å². The summed E-state index contributed by atoms with van der Waals surface area (Å²) in [4.78, 5) is 24.3. The predicted molar refractivity (Wildman–Crippen MR) is 80.7 cm³/mol. The number of carbonyl (C=O) groups excluding carboxylic acids is 1. The first-order chi connectivity index (χ1) is 9.68. The number of carbonyl (C=O) groups is 1. The number of nitrogens with zero attached hydrogens (tertiary/aromatic N) is 2. The van der Waals surface area contributed by atoms with E-state index < -0.39 is 4.92 Å². The van der Waals surface area contributed by atoms with Crippen molar-refractivity contribution in [3.63, 3.8) is 0 Å². The quantitative estimate of drug-likeness (QED) is 0.488. The third-order valence-electron chi connectivity index (χ3n) is 3.07. The molecule has 0 saturated carbocycles. The Kier molecular flexibility index (Phi) is 5.17. The highest BCUT2D eigenvalue weighted by Crippen LogP contribution is 2.19. The molecular weight excluding hydrogens is 276 g/mol. The van der Waals surface area contributed by atoms with Crippen LogP contribution < -0.4 is 0 Å². The highest BCUT2D eigenvalue weighted by atomic mass is 32.2. The Morgan fingerprint density at radius 1 is 1.30 bits per heavy atom. The van der Waals surface area contributed by atoms with Gasteiger partial charge in [-0.05, 0) is 24.3 Å². The second-order valence-electron chi connectivity index (χ2n) is 4.44. The van der Waals surface area contributed by atoms with Gasteiger partial charge >= 0.3 is 0 Å². The molecule has 1 aliphatic rings. The molecule has 0 bridgehead atoms. The molecule has 1 aliphatic heterocycles. The Balaban J connectivity index is 2.08. The van der Waals surface area contributed by atoms with Crippen LogP contribution in [0.3, 0.4) is 0 Å². The summed E-state index contributed by atoms with van der Waals surface area (Å²) in [5.41, 5.74) is 0.470. The molecule has 2 rings (SSSR count). The second-order valence-corrected chi connectivity index (χ2v) is 5.67. The van der Waals surface area contributed by atoms with Gasteiger partial charge in [-0.25, -0.2) is 0 Å². The fourth-order valence-corrected chi connectivity index (χ4v) is 2.91. The van der Waals surface area contributed by atoms with E-state index in [-0.39, 0.29) is 11.6 Å².